The van der Waals surface area contributed by atoms with Crippen LogP contribution in [0.3, 0.4) is 0 Å². The summed E-state index contributed by atoms with van der Waals surface area (Å²) in [7, 11) is 0. The summed E-state index contributed by atoms with van der Waals surface area (Å²) in [6.07, 6.45) is 0. The quantitative estimate of drug-likeness (QED) is 0.161. The van der Waals surface area contributed by atoms with E-state index < -0.39 is 0 Å². The summed E-state index contributed by atoms with van der Waals surface area (Å²) in [4.78, 5) is 2.43. The lowest BCUT2D eigenvalue weighted by Gasteiger charge is -2.28. The zero-order valence-electron chi connectivity index (χ0n) is 31.5. The lowest BCUT2D eigenvalue weighted by Crippen LogP contribution is -2.16. The molecular weight excluding hydrogens is 675 g/mol. The highest BCUT2D eigenvalue weighted by Gasteiger charge is 2.35. The van der Waals surface area contributed by atoms with Gasteiger partial charge in [-0.25, -0.2) is 0 Å². The Kier molecular flexibility index (Phi) is 7.28. The van der Waals surface area contributed by atoms with Crippen molar-refractivity contribution in [2.75, 3.05) is 4.90 Å². The van der Waals surface area contributed by atoms with Gasteiger partial charge in [-0.1, -0.05) is 172 Å². The van der Waals surface area contributed by atoms with Crippen LogP contribution in [0, 0.1) is 0 Å². The number of hydrogen-bond acceptors (Lipinski definition) is 1. The van der Waals surface area contributed by atoms with Crippen LogP contribution >= 0.6 is 0 Å². The van der Waals surface area contributed by atoms with Crippen LogP contribution in [0.25, 0.3) is 76.5 Å². The highest BCUT2D eigenvalue weighted by atomic mass is 15.1. The maximum Gasteiger partial charge on any atom is 0.0467 e. The van der Waals surface area contributed by atoms with Gasteiger partial charge in [0, 0.05) is 22.5 Å². The molecule has 264 valence electrons. The van der Waals surface area contributed by atoms with E-state index in [-0.39, 0.29) is 5.41 Å². The Morgan fingerprint density at radius 2 is 0.875 bits per heavy atom. The Hall–Kier alpha value is -6.96. The maximum atomic E-state index is 2.43. The van der Waals surface area contributed by atoms with Crippen LogP contribution in [0.2, 0.25) is 0 Å². The fourth-order valence-corrected chi connectivity index (χ4v) is 9.37. The molecule has 0 heterocycles. The van der Waals surface area contributed by atoms with Crippen molar-refractivity contribution in [1.82, 2.24) is 0 Å². The molecule has 1 heteroatoms. The molecule has 0 aromatic heterocycles. The van der Waals surface area contributed by atoms with E-state index in [4.69, 9.17) is 0 Å². The average Bonchev–Trinajstić information content (AvgIpc) is 3.48. The summed E-state index contributed by atoms with van der Waals surface area (Å²) in [5.74, 6) is 0. The zero-order chi connectivity index (χ0) is 37.4. The fraction of sp³-hybridized carbons (Fsp3) is 0.0545. The number of nitrogens with zero attached hydrogens (tertiary/aromatic N) is 1. The second kappa shape index (κ2) is 12.5. The summed E-state index contributed by atoms with van der Waals surface area (Å²) in [5.41, 5.74) is 13.6. The molecule has 1 nitrogen and oxygen atoms in total. The molecule has 56 heavy (non-hydrogen) atoms. The molecule has 0 radical (unpaired) electrons. The number of fused-ring (bicyclic) bond motifs is 9. The van der Waals surface area contributed by atoms with Crippen molar-refractivity contribution in [1.29, 1.82) is 0 Å². The van der Waals surface area contributed by atoms with E-state index in [0.717, 1.165) is 17.1 Å². The SMILES string of the molecule is CC1(C)c2ccccc2-c2ccc(N(c3ccc(-c4cccc5c4ccc4c6ccccc6ccc54)cc3)c3cccc(-c4ccc5ccccc5c4)c3)cc21. The van der Waals surface area contributed by atoms with Gasteiger partial charge in [-0.05, 0) is 130 Å². The van der Waals surface area contributed by atoms with Gasteiger partial charge in [0.2, 0.25) is 0 Å². The molecule has 0 saturated carbocycles. The molecule has 0 N–H and O–H groups in total. The maximum absolute atomic E-state index is 2.43. The first-order chi connectivity index (χ1) is 27.5. The van der Waals surface area contributed by atoms with Gasteiger partial charge in [0.05, 0.1) is 0 Å². The van der Waals surface area contributed by atoms with Gasteiger partial charge in [-0.2, -0.15) is 0 Å². The van der Waals surface area contributed by atoms with E-state index in [0.29, 0.717) is 0 Å². The highest BCUT2D eigenvalue weighted by Crippen LogP contribution is 2.51. The van der Waals surface area contributed by atoms with Gasteiger partial charge in [0.1, 0.15) is 0 Å². The monoisotopic (exact) mass is 713 g/mol. The number of anilines is 3. The Morgan fingerprint density at radius 1 is 0.304 bits per heavy atom. The van der Waals surface area contributed by atoms with Gasteiger partial charge in [-0.15, -0.1) is 0 Å². The third-order valence-electron chi connectivity index (χ3n) is 12.2. The van der Waals surface area contributed by atoms with Gasteiger partial charge < -0.3 is 4.90 Å². The van der Waals surface area contributed by atoms with Crippen LogP contribution in [0.4, 0.5) is 17.1 Å². The molecule has 0 bridgehead atoms. The predicted octanol–water partition coefficient (Wildman–Crippen LogP) is 15.4. The minimum atomic E-state index is -0.102. The van der Waals surface area contributed by atoms with Crippen LogP contribution in [0.1, 0.15) is 25.0 Å². The molecule has 0 amide bonds. The first-order valence-corrected chi connectivity index (χ1v) is 19.6. The van der Waals surface area contributed by atoms with Crippen LogP contribution in [-0.4, -0.2) is 0 Å². The summed E-state index contributed by atoms with van der Waals surface area (Å²) in [5, 5.41) is 10.2. The van der Waals surface area contributed by atoms with Crippen molar-refractivity contribution >= 4 is 60.2 Å². The van der Waals surface area contributed by atoms with Crippen LogP contribution in [0.5, 0.6) is 0 Å². The van der Waals surface area contributed by atoms with Gasteiger partial charge in [0.15, 0.2) is 0 Å². The smallest absolute Gasteiger partial charge is 0.0467 e. The van der Waals surface area contributed by atoms with Crippen molar-refractivity contribution in [3.05, 3.63) is 211 Å². The first-order valence-electron chi connectivity index (χ1n) is 19.6. The molecule has 1 aliphatic rings. The van der Waals surface area contributed by atoms with Crippen LogP contribution in [0.15, 0.2) is 200 Å². The van der Waals surface area contributed by atoms with E-state index in [1.165, 1.54) is 87.6 Å². The highest BCUT2D eigenvalue weighted by molar-refractivity contribution is 6.19. The van der Waals surface area contributed by atoms with E-state index in [9.17, 15) is 0 Å². The second-order valence-electron chi connectivity index (χ2n) is 15.7. The number of hydrogen-bond donors (Lipinski definition) is 0. The Bertz CT molecular complexity index is 3170. The Morgan fingerprint density at radius 3 is 1.77 bits per heavy atom. The van der Waals surface area contributed by atoms with E-state index in [1.54, 1.807) is 0 Å². The van der Waals surface area contributed by atoms with Crippen molar-refractivity contribution in [2.24, 2.45) is 0 Å². The van der Waals surface area contributed by atoms with Gasteiger partial charge in [-0.3, -0.25) is 0 Å². The number of benzene rings is 10. The standard InChI is InChI=1S/C55H39N/c1-55(2)53-20-8-7-17-51(53)52-30-28-44(35-54(52)55)56(43-15-9-14-40(34-43)41-22-21-36-11-3-4-13-39(36)33-41)42-26-23-38(24-27-42)46-18-10-19-47-48(46)31-32-49-45-16-6-5-12-37(45)25-29-50(47)49/h3-35H,1-2H3. The summed E-state index contributed by atoms with van der Waals surface area (Å²) in [6.45, 7) is 4.72. The molecule has 0 saturated heterocycles. The molecule has 11 rings (SSSR count). The Labute approximate surface area is 327 Å². The van der Waals surface area contributed by atoms with Crippen molar-refractivity contribution in [3.63, 3.8) is 0 Å². The minimum absolute atomic E-state index is 0.102. The second-order valence-corrected chi connectivity index (χ2v) is 15.7. The molecular formula is C55H39N. The third kappa shape index (κ3) is 5.08. The van der Waals surface area contributed by atoms with E-state index in [1.807, 2.05) is 0 Å². The summed E-state index contributed by atoms with van der Waals surface area (Å²) in [6, 6.07) is 74.0. The van der Waals surface area contributed by atoms with Gasteiger partial charge >= 0.3 is 0 Å². The molecule has 0 unspecified atom stereocenters. The lowest BCUT2D eigenvalue weighted by molar-refractivity contribution is 0.660. The van der Waals surface area contributed by atoms with E-state index in [2.05, 4.69) is 219 Å². The average molecular weight is 714 g/mol. The molecule has 0 fully saturated rings. The normalized spacial score (nSPS) is 13.0. The van der Waals surface area contributed by atoms with E-state index >= 15 is 0 Å². The third-order valence-corrected chi connectivity index (χ3v) is 12.2. The molecule has 0 atom stereocenters. The first kappa shape index (κ1) is 32.5. The Balaban J connectivity index is 1.04. The molecule has 10 aromatic rings. The summed E-state index contributed by atoms with van der Waals surface area (Å²) >= 11 is 0. The topological polar surface area (TPSA) is 3.24 Å². The zero-order valence-corrected chi connectivity index (χ0v) is 31.5. The minimum Gasteiger partial charge on any atom is -0.310 e. The number of rotatable bonds is 5. The molecule has 10 aromatic carbocycles. The molecule has 0 spiro atoms. The predicted molar refractivity (Wildman–Crippen MR) is 240 cm³/mol. The van der Waals surface area contributed by atoms with Gasteiger partial charge in [0.25, 0.3) is 0 Å². The largest absolute Gasteiger partial charge is 0.310 e. The van der Waals surface area contributed by atoms with Crippen LogP contribution in [-0.2, 0) is 5.41 Å². The molecule has 1 aliphatic carbocycles. The fourth-order valence-electron chi connectivity index (χ4n) is 9.37. The molecule has 0 aliphatic heterocycles. The van der Waals surface area contributed by atoms with Crippen molar-refractivity contribution in [3.8, 4) is 33.4 Å². The van der Waals surface area contributed by atoms with Crippen molar-refractivity contribution < 1.29 is 0 Å². The summed E-state index contributed by atoms with van der Waals surface area (Å²) < 4.78 is 0. The van der Waals surface area contributed by atoms with Crippen LogP contribution < -0.4 is 4.90 Å². The van der Waals surface area contributed by atoms with Crippen molar-refractivity contribution in [2.45, 2.75) is 19.3 Å². The lowest BCUT2D eigenvalue weighted by atomic mass is 9.82.